The van der Waals surface area contributed by atoms with Gasteiger partial charge in [0.1, 0.15) is 5.69 Å². The summed E-state index contributed by atoms with van der Waals surface area (Å²) in [4.78, 5) is 40.8. The van der Waals surface area contributed by atoms with Gasteiger partial charge in [0.15, 0.2) is 0 Å². The zero-order chi connectivity index (χ0) is 22.2. The molecule has 2 bridgehead atoms. The SMILES string of the molecule is O=C(c1ccc(N2C[C@H]3C[C@@H](C2)c2cccc(=O)n2C3)c([N+](=O)[O-])c1)N1CCCCCC1. The topological polar surface area (TPSA) is 88.7 Å². The second-order valence-electron chi connectivity index (χ2n) is 9.27. The molecule has 3 aliphatic rings. The van der Waals surface area contributed by atoms with E-state index in [1.54, 1.807) is 24.3 Å². The van der Waals surface area contributed by atoms with Crippen LogP contribution in [-0.4, -0.2) is 46.5 Å². The van der Waals surface area contributed by atoms with Crippen molar-refractivity contribution in [1.29, 1.82) is 0 Å². The van der Waals surface area contributed by atoms with Crippen LogP contribution in [0.4, 0.5) is 11.4 Å². The Labute approximate surface area is 186 Å². The molecule has 3 aliphatic heterocycles. The Hall–Kier alpha value is -3.16. The maximum absolute atomic E-state index is 13.0. The molecule has 0 spiro atoms. The van der Waals surface area contributed by atoms with E-state index in [1.165, 1.54) is 6.07 Å². The van der Waals surface area contributed by atoms with E-state index < -0.39 is 0 Å². The molecule has 4 heterocycles. The number of nitro benzene ring substituents is 1. The molecule has 1 amide bonds. The van der Waals surface area contributed by atoms with E-state index in [0.717, 1.165) is 37.8 Å². The first-order valence-corrected chi connectivity index (χ1v) is 11.5. The molecule has 2 fully saturated rings. The molecular weight excluding hydrogens is 408 g/mol. The van der Waals surface area contributed by atoms with E-state index in [9.17, 15) is 19.7 Å². The van der Waals surface area contributed by atoms with Gasteiger partial charge in [0.05, 0.1) is 4.92 Å². The van der Waals surface area contributed by atoms with Crippen LogP contribution < -0.4 is 10.5 Å². The normalized spacial score (nSPS) is 22.8. The van der Waals surface area contributed by atoms with Crippen molar-refractivity contribution in [3.63, 3.8) is 0 Å². The van der Waals surface area contributed by atoms with Crippen LogP contribution in [0.5, 0.6) is 0 Å². The lowest BCUT2D eigenvalue weighted by atomic mass is 9.83. The van der Waals surface area contributed by atoms with E-state index in [0.29, 0.717) is 44.0 Å². The average Bonchev–Trinajstić information content (AvgIpc) is 3.08. The number of carbonyl (C=O) groups is 1. The molecule has 32 heavy (non-hydrogen) atoms. The fraction of sp³-hybridized carbons (Fsp3) is 0.500. The maximum Gasteiger partial charge on any atom is 0.293 e. The monoisotopic (exact) mass is 436 g/mol. The minimum absolute atomic E-state index is 0.0175. The highest BCUT2D eigenvalue weighted by Crippen LogP contribution is 2.40. The van der Waals surface area contributed by atoms with Crippen molar-refractivity contribution >= 4 is 17.3 Å². The molecule has 0 aliphatic carbocycles. The number of aromatic nitrogens is 1. The number of amides is 1. The van der Waals surface area contributed by atoms with Gasteiger partial charge in [-0.15, -0.1) is 0 Å². The molecular formula is C24H28N4O4. The smallest absolute Gasteiger partial charge is 0.293 e. The average molecular weight is 437 g/mol. The summed E-state index contributed by atoms with van der Waals surface area (Å²) < 4.78 is 1.85. The van der Waals surface area contributed by atoms with Crippen LogP contribution in [0.25, 0.3) is 0 Å². The molecule has 1 aromatic heterocycles. The van der Waals surface area contributed by atoms with Crippen molar-refractivity contribution in [2.24, 2.45) is 5.92 Å². The highest BCUT2D eigenvalue weighted by molar-refractivity contribution is 5.95. The Morgan fingerprint density at radius 2 is 1.78 bits per heavy atom. The zero-order valence-electron chi connectivity index (χ0n) is 18.1. The number of benzene rings is 1. The van der Waals surface area contributed by atoms with Crippen molar-refractivity contribution in [2.75, 3.05) is 31.1 Å². The Morgan fingerprint density at radius 1 is 1.00 bits per heavy atom. The van der Waals surface area contributed by atoms with Gasteiger partial charge in [-0.05, 0) is 43.4 Å². The van der Waals surface area contributed by atoms with Crippen molar-refractivity contribution in [3.05, 3.63) is 68.1 Å². The molecule has 5 rings (SSSR count). The Morgan fingerprint density at radius 3 is 2.53 bits per heavy atom. The van der Waals surface area contributed by atoms with Crippen LogP contribution in [0.15, 0.2) is 41.2 Å². The summed E-state index contributed by atoms with van der Waals surface area (Å²) in [5.41, 5.74) is 1.96. The van der Waals surface area contributed by atoms with Crippen LogP contribution in [-0.2, 0) is 6.54 Å². The van der Waals surface area contributed by atoms with Crippen LogP contribution in [0, 0.1) is 16.0 Å². The van der Waals surface area contributed by atoms with Gasteiger partial charge in [-0.25, -0.2) is 0 Å². The number of nitro groups is 1. The molecule has 0 unspecified atom stereocenters. The number of hydrogen-bond donors (Lipinski definition) is 0. The van der Waals surface area contributed by atoms with Crippen molar-refractivity contribution in [2.45, 2.75) is 44.6 Å². The Kier molecular flexibility index (Phi) is 5.45. The molecule has 8 heteroatoms. The summed E-state index contributed by atoms with van der Waals surface area (Å²) in [6, 6.07) is 10.3. The number of hydrogen-bond acceptors (Lipinski definition) is 5. The molecule has 168 valence electrons. The van der Waals surface area contributed by atoms with Gasteiger partial charge in [0, 0.05) is 62.0 Å². The van der Waals surface area contributed by atoms with E-state index in [4.69, 9.17) is 0 Å². The molecule has 2 atom stereocenters. The lowest BCUT2D eigenvalue weighted by Gasteiger charge is -2.43. The fourth-order valence-electron chi connectivity index (χ4n) is 5.62. The lowest BCUT2D eigenvalue weighted by molar-refractivity contribution is -0.384. The van der Waals surface area contributed by atoms with Crippen LogP contribution in [0.3, 0.4) is 0 Å². The molecule has 2 saturated heterocycles. The van der Waals surface area contributed by atoms with Crippen molar-refractivity contribution < 1.29 is 9.72 Å². The third-order valence-corrected chi connectivity index (χ3v) is 7.13. The Bertz CT molecular complexity index is 1100. The molecule has 2 aromatic rings. The summed E-state index contributed by atoms with van der Waals surface area (Å²) >= 11 is 0. The predicted molar refractivity (Wildman–Crippen MR) is 121 cm³/mol. The second kappa shape index (κ2) is 8.41. The summed E-state index contributed by atoms with van der Waals surface area (Å²) in [6.45, 7) is 3.35. The molecule has 0 radical (unpaired) electrons. The van der Waals surface area contributed by atoms with Gasteiger partial charge in [-0.2, -0.15) is 0 Å². The van der Waals surface area contributed by atoms with Gasteiger partial charge in [0.25, 0.3) is 17.2 Å². The largest absolute Gasteiger partial charge is 0.365 e. The van der Waals surface area contributed by atoms with Crippen LogP contribution in [0.1, 0.15) is 54.1 Å². The summed E-state index contributed by atoms with van der Waals surface area (Å²) in [5, 5.41) is 12.0. The van der Waals surface area contributed by atoms with E-state index >= 15 is 0 Å². The summed E-state index contributed by atoms with van der Waals surface area (Å²) in [7, 11) is 0. The quantitative estimate of drug-likeness (QED) is 0.544. The number of piperidine rings is 1. The molecule has 0 saturated carbocycles. The van der Waals surface area contributed by atoms with Crippen molar-refractivity contribution in [3.8, 4) is 0 Å². The highest BCUT2D eigenvalue weighted by atomic mass is 16.6. The van der Waals surface area contributed by atoms with Crippen LogP contribution in [0.2, 0.25) is 0 Å². The van der Waals surface area contributed by atoms with Gasteiger partial charge in [-0.1, -0.05) is 18.9 Å². The van der Waals surface area contributed by atoms with E-state index in [2.05, 4.69) is 4.90 Å². The minimum Gasteiger partial charge on any atom is -0.365 e. The third-order valence-electron chi connectivity index (χ3n) is 7.13. The third kappa shape index (κ3) is 3.78. The Balaban J connectivity index is 1.43. The number of anilines is 1. The van der Waals surface area contributed by atoms with Gasteiger partial charge >= 0.3 is 0 Å². The summed E-state index contributed by atoms with van der Waals surface area (Å²) in [6.07, 6.45) is 5.18. The van der Waals surface area contributed by atoms with Gasteiger partial charge < -0.3 is 14.4 Å². The first-order valence-electron chi connectivity index (χ1n) is 11.5. The van der Waals surface area contributed by atoms with Gasteiger partial charge in [-0.3, -0.25) is 19.7 Å². The van der Waals surface area contributed by atoms with Gasteiger partial charge in [0.2, 0.25) is 0 Å². The van der Waals surface area contributed by atoms with Crippen molar-refractivity contribution in [1.82, 2.24) is 9.47 Å². The lowest BCUT2D eigenvalue weighted by Crippen LogP contribution is -2.47. The highest BCUT2D eigenvalue weighted by Gasteiger charge is 2.36. The number of likely N-dealkylation sites (tertiary alicyclic amines) is 1. The van der Waals surface area contributed by atoms with E-state index in [1.807, 2.05) is 15.5 Å². The first kappa shape index (κ1) is 20.7. The molecule has 1 aromatic carbocycles. The fourth-order valence-corrected chi connectivity index (χ4v) is 5.62. The standard InChI is InChI=1S/C24H28N4O4/c29-23-7-5-6-20-19-12-17(15-27(20)23)14-26(16-19)21-9-8-18(13-22(21)28(31)32)24(30)25-10-3-1-2-4-11-25/h5-9,13,17,19H,1-4,10-12,14-16H2/t17-,19+/m1/s1. The number of rotatable bonds is 3. The first-order chi connectivity index (χ1) is 15.5. The maximum atomic E-state index is 13.0. The molecule has 8 nitrogen and oxygen atoms in total. The van der Waals surface area contributed by atoms with E-state index in [-0.39, 0.29) is 33.9 Å². The number of carbonyl (C=O) groups excluding carboxylic acids is 1. The predicted octanol–water partition coefficient (Wildman–Crippen LogP) is 3.40. The zero-order valence-corrected chi connectivity index (χ0v) is 18.1. The number of nitrogens with zero attached hydrogens (tertiary/aromatic N) is 4. The molecule has 0 N–H and O–H groups in total. The van der Waals surface area contributed by atoms with Crippen LogP contribution >= 0.6 is 0 Å². The minimum atomic E-state index is -0.378. The number of pyridine rings is 1. The second-order valence-corrected chi connectivity index (χ2v) is 9.27. The summed E-state index contributed by atoms with van der Waals surface area (Å²) in [5.74, 6) is 0.305. The number of fused-ring (bicyclic) bond motifs is 4.